The highest BCUT2D eigenvalue weighted by Gasteiger charge is 2.44. The van der Waals surface area contributed by atoms with E-state index in [0.29, 0.717) is 11.3 Å². The second kappa shape index (κ2) is 22.3. The summed E-state index contributed by atoms with van der Waals surface area (Å²) in [7, 11) is -4.17. The number of halogens is 4. The van der Waals surface area contributed by atoms with Crippen molar-refractivity contribution in [1.29, 1.82) is 0 Å². The van der Waals surface area contributed by atoms with E-state index in [1.165, 1.54) is 56.0 Å². The van der Waals surface area contributed by atoms with E-state index in [1.807, 2.05) is 0 Å². The molecule has 0 radical (unpaired) electrons. The largest absolute Gasteiger partial charge is 0.418 e. The van der Waals surface area contributed by atoms with E-state index in [0.717, 1.165) is 6.07 Å². The fraction of sp³-hybridized carbons (Fsp3) is 0.526. The Morgan fingerprint density at radius 3 is 2.07 bits per heavy atom. The number of aryl methyl sites for hydroxylation is 1. The average molecular weight is 800 g/mol. The van der Waals surface area contributed by atoms with Crippen molar-refractivity contribution in [2.75, 3.05) is 25.8 Å². The lowest BCUT2D eigenvalue weighted by atomic mass is 9.78. The molecule has 0 spiro atoms. The second-order valence-corrected chi connectivity index (χ2v) is 15.1. The van der Waals surface area contributed by atoms with Crippen LogP contribution in [0, 0.1) is 5.82 Å². The van der Waals surface area contributed by atoms with Crippen LogP contribution in [0.2, 0.25) is 0 Å². The van der Waals surface area contributed by atoms with E-state index in [-0.39, 0.29) is 67.7 Å². The summed E-state index contributed by atoms with van der Waals surface area (Å²) in [4.78, 5) is 72.2. The van der Waals surface area contributed by atoms with Crippen molar-refractivity contribution in [1.82, 2.24) is 26.3 Å². The van der Waals surface area contributed by atoms with Gasteiger partial charge >= 0.3 is 13.8 Å². The van der Waals surface area contributed by atoms with Gasteiger partial charge in [-0.15, -0.1) is 0 Å². The zero-order valence-corrected chi connectivity index (χ0v) is 32.7. The van der Waals surface area contributed by atoms with E-state index in [1.54, 1.807) is 6.07 Å². The number of carbonyl (C=O) groups is 4. The van der Waals surface area contributed by atoms with Crippen molar-refractivity contribution >= 4 is 42.1 Å². The normalized spacial score (nSPS) is 15.0. The third-order valence-electron chi connectivity index (χ3n) is 8.79. The maximum absolute atomic E-state index is 13.9. The number of benzene rings is 2. The zero-order chi connectivity index (χ0) is 41.2. The molecule has 4 rings (SSSR count). The number of nitrogens with one attached hydrogen (secondary N) is 5. The Balaban J connectivity index is 0.00000119. The number of unbranched alkanes of at least 4 members (excludes halogenated alkanes) is 3. The molecular formula is C38H54F4N5O7P. The number of carbonyl (C=O) groups excluding carboxylic acids is 4. The molecule has 7 N–H and O–H groups in total. The molecule has 0 bridgehead atoms. The summed E-state index contributed by atoms with van der Waals surface area (Å²) in [6.07, 6.45) is 0.155. The maximum atomic E-state index is 13.9. The number of fused-ring (bicyclic) bond motifs is 3. The van der Waals surface area contributed by atoms with Crippen LogP contribution in [0.25, 0.3) is 10.9 Å². The molecule has 1 aliphatic carbocycles. The molecule has 0 saturated heterocycles. The smallest absolute Gasteiger partial charge is 0.358 e. The van der Waals surface area contributed by atoms with Gasteiger partial charge in [-0.2, -0.15) is 13.2 Å². The number of aromatic nitrogens is 1. The number of alkyl halides is 3. The minimum absolute atomic E-state index is 0.0566. The minimum Gasteiger partial charge on any atom is -0.358 e. The van der Waals surface area contributed by atoms with Gasteiger partial charge < -0.3 is 36.0 Å². The monoisotopic (exact) mass is 799 g/mol. The highest BCUT2D eigenvalue weighted by atomic mass is 31.2. The first-order valence-electron chi connectivity index (χ1n) is 18.5. The molecule has 0 aliphatic heterocycles. The molecule has 12 nitrogen and oxygen atoms in total. The molecule has 1 aromatic heterocycles. The first-order valence-corrected chi connectivity index (χ1v) is 20.3. The van der Waals surface area contributed by atoms with Gasteiger partial charge in [-0.25, -0.2) is 4.39 Å². The van der Waals surface area contributed by atoms with Crippen molar-refractivity contribution in [3.05, 3.63) is 70.7 Å². The minimum atomic E-state index is -4.65. The first kappa shape index (κ1) is 46.9. The number of amides is 4. The highest BCUT2D eigenvalue weighted by molar-refractivity contribution is 7.51. The molecule has 2 aromatic carbocycles. The predicted octanol–water partition coefficient (Wildman–Crippen LogP) is 5.83. The van der Waals surface area contributed by atoms with Crippen molar-refractivity contribution in [2.24, 2.45) is 0 Å². The van der Waals surface area contributed by atoms with Crippen LogP contribution in [0.4, 0.5) is 17.6 Å². The van der Waals surface area contributed by atoms with Crippen molar-refractivity contribution < 1.29 is 51.1 Å². The fourth-order valence-corrected chi connectivity index (χ4v) is 6.13. The number of para-hydroxylation sites is 1. The highest BCUT2D eigenvalue weighted by Crippen LogP contribution is 2.40. The molecule has 1 atom stereocenters. The quantitative estimate of drug-likeness (QED) is 0.0572. The Bertz CT molecular complexity index is 1770. The van der Waals surface area contributed by atoms with E-state index in [9.17, 15) is 41.3 Å². The van der Waals surface area contributed by atoms with Crippen LogP contribution in [-0.4, -0.2) is 69.7 Å². The second-order valence-electron chi connectivity index (χ2n) is 13.3. The topological polar surface area (TPSA) is 190 Å². The third kappa shape index (κ3) is 15.4. The van der Waals surface area contributed by atoms with Gasteiger partial charge in [0.25, 0.3) is 0 Å². The number of rotatable bonds is 15. The van der Waals surface area contributed by atoms with Gasteiger partial charge in [0.05, 0.1) is 30.6 Å². The maximum Gasteiger partial charge on any atom is 0.418 e. The van der Waals surface area contributed by atoms with E-state index in [2.05, 4.69) is 53.9 Å². The SMILES string of the molecule is CCCC.CCCC.O=C(CNC(=O)[C@@]1(NC(=O)CNC(=O)Cc2ccccc2F)CCc2[nH]c3c(C(F)(F)F)cccc3c2C1)NCCCCP(=O)(O)O. The van der Waals surface area contributed by atoms with Crippen molar-refractivity contribution in [3.63, 3.8) is 0 Å². The summed E-state index contributed by atoms with van der Waals surface area (Å²) in [6.45, 7) is 7.70. The molecule has 4 amide bonds. The Labute approximate surface area is 319 Å². The van der Waals surface area contributed by atoms with Crippen molar-refractivity contribution in [2.45, 2.75) is 104 Å². The molecule has 0 saturated carbocycles. The number of aromatic amines is 1. The van der Waals surface area contributed by atoms with Gasteiger partial charge in [-0.3, -0.25) is 23.7 Å². The average Bonchev–Trinajstić information content (AvgIpc) is 3.50. The molecule has 55 heavy (non-hydrogen) atoms. The molecular weight excluding hydrogens is 745 g/mol. The zero-order valence-electron chi connectivity index (χ0n) is 31.8. The fourth-order valence-electron chi connectivity index (χ4n) is 5.49. The number of hydrogen-bond acceptors (Lipinski definition) is 5. The lowest BCUT2D eigenvalue weighted by molar-refractivity contribution is -0.136. The summed E-state index contributed by atoms with van der Waals surface area (Å²) in [6, 6.07) is 9.25. The van der Waals surface area contributed by atoms with Gasteiger partial charge in [0, 0.05) is 30.2 Å². The van der Waals surface area contributed by atoms with E-state index >= 15 is 0 Å². The lowest BCUT2D eigenvalue weighted by Crippen LogP contribution is -2.63. The molecule has 0 fully saturated rings. The Hall–Kier alpha value is -4.27. The van der Waals surface area contributed by atoms with Crippen LogP contribution in [0.5, 0.6) is 0 Å². The van der Waals surface area contributed by atoms with Gasteiger partial charge in [-0.1, -0.05) is 83.7 Å². The summed E-state index contributed by atoms with van der Waals surface area (Å²) >= 11 is 0. The van der Waals surface area contributed by atoms with E-state index < -0.39 is 67.4 Å². The Morgan fingerprint density at radius 2 is 1.47 bits per heavy atom. The molecule has 1 aliphatic rings. The van der Waals surface area contributed by atoms with Gasteiger partial charge in [0.1, 0.15) is 11.4 Å². The number of hydrogen-bond donors (Lipinski definition) is 7. The van der Waals surface area contributed by atoms with Crippen LogP contribution in [0.1, 0.15) is 95.0 Å². The molecule has 306 valence electrons. The molecule has 1 heterocycles. The van der Waals surface area contributed by atoms with Gasteiger partial charge in [-0.05, 0) is 48.9 Å². The predicted molar refractivity (Wildman–Crippen MR) is 203 cm³/mol. The van der Waals surface area contributed by atoms with Crippen LogP contribution >= 0.6 is 7.60 Å². The van der Waals surface area contributed by atoms with Gasteiger partial charge in [0.2, 0.25) is 23.6 Å². The standard InChI is InChI=1S/C30H34F4N5O7P.2C4H10/c31-22-9-2-1-6-18(22)14-24(40)36-17-26(42)39-29(28(43)37-16-25(41)35-12-3-4-13-47(44,45)46)11-10-23-20(15-29)19-7-5-8-21(27(19)38-23)30(32,33)34;2*1-3-4-2/h1-2,5-9,38H,3-4,10-17H2,(H,35,41)(H,36,40)(H,37,43)(H,39,42)(H2,44,45,46);2*3-4H2,1-2H3/t29-;;/m1../s1. The Kier molecular flexibility index (Phi) is 19.0. The first-order chi connectivity index (χ1) is 25.9. The lowest BCUT2D eigenvalue weighted by Gasteiger charge is -2.36. The number of H-pyrrole nitrogens is 1. The van der Waals surface area contributed by atoms with Crippen molar-refractivity contribution in [3.8, 4) is 0 Å². The van der Waals surface area contributed by atoms with E-state index in [4.69, 9.17) is 9.79 Å². The summed E-state index contributed by atoms with van der Waals surface area (Å²) in [5.41, 5.74) is -1.82. The van der Waals surface area contributed by atoms with Crippen LogP contribution < -0.4 is 21.3 Å². The summed E-state index contributed by atoms with van der Waals surface area (Å²) in [5.74, 6) is -3.46. The Morgan fingerprint density at radius 1 is 0.836 bits per heavy atom. The third-order valence-corrected chi connectivity index (χ3v) is 9.69. The van der Waals surface area contributed by atoms with Gasteiger partial charge in [0.15, 0.2) is 0 Å². The summed E-state index contributed by atoms with van der Waals surface area (Å²) < 4.78 is 66.1. The summed E-state index contributed by atoms with van der Waals surface area (Å²) in [5, 5.41) is 10.2. The molecule has 17 heteroatoms. The molecule has 0 unspecified atom stereocenters. The van der Waals surface area contributed by atoms with Crippen LogP contribution in [-0.2, 0) is 49.2 Å². The molecule has 3 aromatic rings. The van der Waals surface area contributed by atoms with Crippen LogP contribution in [0.15, 0.2) is 42.5 Å². The van der Waals surface area contributed by atoms with Crippen LogP contribution in [0.3, 0.4) is 0 Å².